The maximum atomic E-state index is 11.9. The van der Waals surface area contributed by atoms with E-state index in [0.29, 0.717) is 6.61 Å². The van der Waals surface area contributed by atoms with E-state index in [-0.39, 0.29) is 24.1 Å². The smallest absolute Gasteiger partial charge is 0.325 e. The lowest BCUT2D eigenvalue weighted by atomic mass is 9.91. The molecule has 0 amide bonds. The summed E-state index contributed by atoms with van der Waals surface area (Å²) in [5.74, 6) is -0.176. The molecule has 2 N–H and O–H groups in total. The van der Waals surface area contributed by atoms with Gasteiger partial charge in [-0.2, -0.15) is 0 Å². The van der Waals surface area contributed by atoms with Crippen molar-refractivity contribution in [1.29, 1.82) is 0 Å². The van der Waals surface area contributed by atoms with E-state index in [0.717, 1.165) is 13.1 Å². The van der Waals surface area contributed by atoms with Gasteiger partial charge in [-0.1, -0.05) is 6.08 Å². The van der Waals surface area contributed by atoms with Crippen LogP contribution in [0.3, 0.4) is 0 Å². The van der Waals surface area contributed by atoms with Crippen LogP contribution >= 0.6 is 0 Å². The van der Waals surface area contributed by atoms with Gasteiger partial charge in [-0.15, -0.1) is 0 Å². The zero-order chi connectivity index (χ0) is 12.5. The predicted molar refractivity (Wildman–Crippen MR) is 68.7 cm³/mol. The second-order valence-electron chi connectivity index (χ2n) is 4.71. The van der Waals surface area contributed by atoms with Gasteiger partial charge >= 0.3 is 5.97 Å². The molecule has 3 atom stereocenters. The van der Waals surface area contributed by atoms with Crippen LogP contribution in [0.25, 0.3) is 0 Å². The number of aliphatic imine (C=N–C) groups is 1. The Morgan fingerprint density at radius 1 is 1.61 bits per heavy atom. The van der Waals surface area contributed by atoms with E-state index in [1.807, 2.05) is 19.2 Å². The summed E-state index contributed by atoms with van der Waals surface area (Å²) in [5.41, 5.74) is 2.48. The summed E-state index contributed by atoms with van der Waals surface area (Å²) >= 11 is 0. The molecule has 0 aliphatic carbocycles. The van der Waals surface area contributed by atoms with Crippen LogP contribution in [0, 0.1) is 0 Å². The molecule has 96 valence electrons. The Labute approximate surface area is 106 Å². The molecule has 0 saturated carbocycles. The quantitative estimate of drug-likeness (QED) is 0.663. The Morgan fingerprint density at radius 2 is 2.50 bits per heavy atom. The van der Waals surface area contributed by atoms with Gasteiger partial charge in [-0.3, -0.25) is 20.4 Å². The largest absolute Gasteiger partial charge is 0.465 e. The predicted octanol–water partition coefficient (Wildman–Crippen LogP) is -0.201. The average Bonchev–Trinajstić information content (AvgIpc) is 2.79. The molecule has 3 heterocycles. The number of dihydropyridines is 1. The van der Waals surface area contributed by atoms with Gasteiger partial charge in [-0.05, 0) is 24.1 Å². The highest BCUT2D eigenvalue weighted by Gasteiger charge is 2.41. The van der Waals surface area contributed by atoms with Crippen molar-refractivity contribution >= 4 is 12.2 Å². The second kappa shape index (κ2) is 4.66. The maximum Gasteiger partial charge on any atom is 0.325 e. The molecular formula is C13H17N3O2. The number of carbonyl (C=O) groups is 1. The fraction of sp³-hybridized carbons (Fsp3) is 0.538. The zero-order valence-electron chi connectivity index (χ0n) is 10.3. The van der Waals surface area contributed by atoms with Gasteiger partial charge in [-0.25, -0.2) is 0 Å². The highest BCUT2D eigenvalue weighted by atomic mass is 16.5. The van der Waals surface area contributed by atoms with Crippen LogP contribution in [-0.2, 0) is 9.53 Å². The fourth-order valence-corrected chi connectivity index (χ4v) is 2.72. The Bertz CT molecular complexity index is 453. The molecule has 18 heavy (non-hydrogen) atoms. The number of carbonyl (C=O) groups excluding carboxylic acids is 1. The van der Waals surface area contributed by atoms with Gasteiger partial charge in [0.2, 0.25) is 0 Å². The van der Waals surface area contributed by atoms with Crippen molar-refractivity contribution in [2.45, 2.75) is 25.0 Å². The Hall–Kier alpha value is -1.46. The molecule has 3 unspecified atom stereocenters. The molecule has 5 heteroatoms. The number of nitrogens with zero attached hydrogens (tertiary/aromatic N) is 1. The minimum absolute atomic E-state index is 0.0412. The third kappa shape index (κ3) is 1.89. The van der Waals surface area contributed by atoms with Crippen LogP contribution < -0.4 is 10.6 Å². The fourth-order valence-electron chi connectivity index (χ4n) is 2.72. The van der Waals surface area contributed by atoms with Gasteiger partial charge in [0.1, 0.15) is 6.04 Å². The molecule has 0 aromatic heterocycles. The molecule has 1 saturated heterocycles. The molecule has 0 aromatic rings. The number of esters is 1. The molecular weight excluding hydrogens is 230 g/mol. The lowest BCUT2D eigenvalue weighted by molar-refractivity contribution is -0.145. The Balaban J connectivity index is 1.81. The van der Waals surface area contributed by atoms with Crippen molar-refractivity contribution in [3.8, 4) is 0 Å². The maximum absolute atomic E-state index is 11.9. The van der Waals surface area contributed by atoms with Gasteiger partial charge in [0.05, 0.1) is 25.2 Å². The second-order valence-corrected chi connectivity index (χ2v) is 4.71. The van der Waals surface area contributed by atoms with E-state index in [9.17, 15) is 4.79 Å². The van der Waals surface area contributed by atoms with Crippen LogP contribution in [0.4, 0.5) is 0 Å². The van der Waals surface area contributed by atoms with Gasteiger partial charge < -0.3 is 4.74 Å². The first-order valence-electron chi connectivity index (χ1n) is 6.36. The lowest BCUT2D eigenvalue weighted by Gasteiger charge is -2.32. The van der Waals surface area contributed by atoms with Crippen LogP contribution in [0.5, 0.6) is 0 Å². The van der Waals surface area contributed by atoms with Crippen molar-refractivity contribution in [2.24, 2.45) is 4.99 Å². The number of allylic oxidation sites excluding steroid dienone is 1. The molecule has 5 nitrogen and oxygen atoms in total. The summed E-state index contributed by atoms with van der Waals surface area (Å²) in [6.07, 6.45) is 6.06. The first-order chi connectivity index (χ1) is 8.79. The third-order valence-electron chi connectivity index (χ3n) is 3.59. The molecule has 3 rings (SSSR count). The SMILES string of the molecule is CCOC(=O)C1NCC2=CC3=CC=NCC3NC21. The Morgan fingerprint density at radius 3 is 3.33 bits per heavy atom. The molecule has 0 spiro atoms. The first kappa shape index (κ1) is 11.6. The van der Waals surface area contributed by atoms with E-state index in [1.54, 1.807) is 0 Å². The van der Waals surface area contributed by atoms with Crippen molar-refractivity contribution in [3.63, 3.8) is 0 Å². The monoisotopic (exact) mass is 247 g/mol. The minimum atomic E-state index is -0.274. The van der Waals surface area contributed by atoms with Gasteiger partial charge in [0, 0.05) is 12.8 Å². The van der Waals surface area contributed by atoms with E-state index in [1.165, 1.54) is 11.1 Å². The van der Waals surface area contributed by atoms with Crippen molar-refractivity contribution in [3.05, 3.63) is 23.3 Å². The van der Waals surface area contributed by atoms with E-state index >= 15 is 0 Å². The number of nitrogens with one attached hydrogen (secondary N) is 2. The van der Waals surface area contributed by atoms with Crippen LogP contribution in [-0.4, -0.2) is 50.0 Å². The summed E-state index contributed by atoms with van der Waals surface area (Å²) < 4.78 is 5.10. The van der Waals surface area contributed by atoms with E-state index < -0.39 is 0 Å². The summed E-state index contributed by atoms with van der Waals surface area (Å²) in [7, 11) is 0. The van der Waals surface area contributed by atoms with Crippen molar-refractivity contribution < 1.29 is 9.53 Å². The molecule has 3 aliphatic rings. The molecule has 3 aliphatic heterocycles. The van der Waals surface area contributed by atoms with E-state index in [2.05, 4.69) is 21.7 Å². The topological polar surface area (TPSA) is 62.7 Å². The number of hydrogen-bond acceptors (Lipinski definition) is 5. The first-order valence-corrected chi connectivity index (χ1v) is 6.36. The van der Waals surface area contributed by atoms with Crippen LogP contribution in [0.15, 0.2) is 28.3 Å². The van der Waals surface area contributed by atoms with Crippen LogP contribution in [0.2, 0.25) is 0 Å². The molecule has 1 fully saturated rings. The van der Waals surface area contributed by atoms with Gasteiger partial charge in [0.25, 0.3) is 0 Å². The standard InChI is InChI=1S/C13H17N3O2/c1-2-18-13(17)12-11-9(6-15-12)5-8-3-4-14-7-10(8)16-11/h3-5,10-12,15-16H,2,6-7H2,1H3. The lowest BCUT2D eigenvalue weighted by Crippen LogP contribution is -2.53. The third-order valence-corrected chi connectivity index (χ3v) is 3.59. The molecule has 0 radical (unpaired) electrons. The Kier molecular flexibility index (Phi) is 3.01. The molecule has 0 aromatic carbocycles. The average molecular weight is 247 g/mol. The number of rotatable bonds is 2. The summed E-state index contributed by atoms with van der Waals surface area (Å²) in [6, 6.07) is -0.0104. The molecule has 0 bridgehead atoms. The van der Waals surface area contributed by atoms with Crippen LogP contribution in [0.1, 0.15) is 6.92 Å². The summed E-state index contributed by atoms with van der Waals surface area (Å²) in [6.45, 7) is 3.72. The number of ether oxygens (including phenoxy) is 1. The normalized spacial score (nSPS) is 33.3. The van der Waals surface area contributed by atoms with Crippen molar-refractivity contribution in [2.75, 3.05) is 19.7 Å². The zero-order valence-corrected chi connectivity index (χ0v) is 10.3. The highest BCUT2D eigenvalue weighted by Crippen LogP contribution is 2.25. The van der Waals surface area contributed by atoms with Crippen molar-refractivity contribution in [1.82, 2.24) is 10.6 Å². The van der Waals surface area contributed by atoms with Gasteiger partial charge in [0.15, 0.2) is 0 Å². The minimum Gasteiger partial charge on any atom is -0.465 e. The summed E-state index contributed by atoms with van der Waals surface area (Å²) in [4.78, 5) is 16.1. The summed E-state index contributed by atoms with van der Waals surface area (Å²) in [5, 5.41) is 6.71. The highest BCUT2D eigenvalue weighted by molar-refractivity contribution is 5.79. The van der Waals surface area contributed by atoms with E-state index in [4.69, 9.17) is 4.74 Å². The number of fused-ring (bicyclic) bond motifs is 2. The number of hydrogen-bond donors (Lipinski definition) is 2.